The molecule has 54 heavy (non-hydrogen) atoms. The third kappa shape index (κ3) is 16.5. The van der Waals surface area contributed by atoms with Crippen molar-refractivity contribution < 1.29 is 52.3 Å². The smallest absolute Gasteiger partial charge is 0.425 e. The lowest BCUT2D eigenvalue weighted by Crippen LogP contribution is -2.47. The van der Waals surface area contributed by atoms with Crippen molar-refractivity contribution in [3.8, 4) is 0 Å². The van der Waals surface area contributed by atoms with Crippen molar-refractivity contribution in [1.29, 1.82) is 0 Å². The first-order valence-electron chi connectivity index (χ1n) is 18.3. The van der Waals surface area contributed by atoms with E-state index >= 15 is 0 Å². The summed E-state index contributed by atoms with van der Waals surface area (Å²) >= 11 is 0. The van der Waals surface area contributed by atoms with Crippen LogP contribution in [-0.2, 0) is 32.9 Å². The van der Waals surface area contributed by atoms with E-state index in [1.165, 1.54) is 0 Å². The zero-order valence-electron chi connectivity index (χ0n) is 33.1. The van der Waals surface area contributed by atoms with Gasteiger partial charge in [-0.25, -0.2) is 23.5 Å². The number of nitrogens with zero attached hydrogens (tertiary/aromatic N) is 1. The number of phosphoric acid groups is 1. The van der Waals surface area contributed by atoms with Gasteiger partial charge in [-0.15, -0.1) is 0 Å². The van der Waals surface area contributed by atoms with Gasteiger partial charge < -0.3 is 44.8 Å². The molecule has 0 saturated heterocycles. The van der Waals surface area contributed by atoms with Crippen LogP contribution in [-0.4, -0.2) is 66.1 Å². The number of carbonyl (C=O) groups is 4. The number of alkyl carbamates (subject to hydrolysis) is 1. The monoisotopic (exact) mass is 778 g/mol. The Morgan fingerprint density at radius 3 is 1.96 bits per heavy atom. The number of aryl methyl sites for hydroxylation is 1. The van der Waals surface area contributed by atoms with Gasteiger partial charge in [0.2, 0.25) is 13.1 Å². The standard InChI is InChI=1S/C38H59N4O11P/c1-11-28(19-33(43)52-36(26(8)9)53-35(44)34(25(6)7)41-38(46)50-22-51-54(47,48)49)29-14-17-32(42(20-23(2)3)21-24(4)5)31(18-29)40-37(45)39-30-15-12-27(10)13-16-30/h12-18,23-26,28,34,36H,11,19-22H2,1-10H3,(H,41,46)(H2,39,40,45)(H2,47,48,49)/t28-,34?,36?/m0/s1. The van der Waals surface area contributed by atoms with Gasteiger partial charge in [-0.2, -0.15) is 0 Å². The molecule has 5 N–H and O–H groups in total. The van der Waals surface area contributed by atoms with Crippen molar-refractivity contribution >= 4 is 48.9 Å². The first kappa shape index (κ1) is 46.0. The van der Waals surface area contributed by atoms with Crippen molar-refractivity contribution in [3.63, 3.8) is 0 Å². The number of urea groups is 1. The predicted octanol–water partition coefficient (Wildman–Crippen LogP) is 7.53. The van der Waals surface area contributed by atoms with E-state index in [4.69, 9.17) is 19.3 Å². The average molecular weight is 779 g/mol. The van der Waals surface area contributed by atoms with E-state index in [9.17, 15) is 23.7 Å². The lowest BCUT2D eigenvalue weighted by Gasteiger charge is -2.31. The highest BCUT2D eigenvalue weighted by Crippen LogP contribution is 2.36. The molecule has 0 aliphatic rings. The summed E-state index contributed by atoms with van der Waals surface area (Å²) < 4.78 is 30.7. The Morgan fingerprint density at radius 1 is 0.833 bits per heavy atom. The van der Waals surface area contributed by atoms with Gasteiger partial charge in [0.1, 0.15) is 6.04 Å². The highest BCUT2D eigenvalue weighted by Gasteiger charge is 2.32. The quantitative estimate of drug-likeness (QED) is 0.0503. The van der Waals surface area contributed by atoms with Gasteiger partial charge in [0.25, 0.3) is 0 Å². The number of amides is 3. The van der Waals surface area contributed by atoms with E-state index in [2.05, 4.69) is 57.8 Å². The Labute approximate surface area is 319 Å². The number of benzene rings is 2. The van der Waals surface area contributed by atoms with Crippen LogP contribution in [0.5, 0.6) is 0 Å². The maximum atomic E-state index is 13.4. The summed E-state index contributed by atoms with van der Waals surface area (Å²) in [4.78, 5) is 71.8. The summed E-state index contributed by atoms with van der Waals surface area (Å²) in [6.07, 6.45) is -1.95. The first-order valence-corrected chi connectivity index (χ1v) is 19.8. The SMILES string of the molecule is CC[C@@H](CC(=O)OC(OC(=O)C(NC(=O)OCOP(=O)(O)O)C(C)C)C(C)C)c1ccc(N(CC(C)C)CC(C)C)c(NC(=O)Nc2ccc(C)cc2)c1. The fourth-order valence-electron chi connectivity index (χ4n) is 5.43. The highest BCUT2D eigenvalue weighted by molar-refractivity contribution is 7.46. The van der Waals surface area contributed by atoms with E-state index in [0.29, 0.717) is 29.6 Å². The van der Waals surface area contributed by atoms with Crippen LogP contribution in [0.15, 0.2) is 42.5 Å². The van der Waals surface area contributed by atoms with Crippen LogP contribution in [0.3, 0.4) is 0 Å². The fraction of sp³-hybridized carbons (Fsp3) is 0.579. The summed E-state index contributed by atoms with van der Waals surface area (Å²) in [6.45, 7) is 19.6. The van der Waals surface area contributed by atoms with Gasteiger partial charge in [0, 0.05) is 24.7 Å². The van der Waals surface area contributed by atoms with Crippen molar-refractivity contribution in [2.75, 3.05) is 35.4 Å². The number of hydrogen-bond acceptors (Lipinski definition) is 10. The molecule has 0 bridgehead atoms. The maximum Gasteiger partial charge on any atom is 0.472 e. The van der Waals surface area contributed by atoms with Gasteiger partial charge in [-0.05, 0) is 66.8 Å². The van der Waals surface area contributed by atoms with Gasteiger partial charge in [-0.1, -0.05) is 86.1 Å². The number of nitrogens with one attached hydrogen (secondary N) is 3. The molecule has 16 heteroatoms. The van der Waals surface area contributed by atoms with Gasteiger partial charge in [-0.3, -0.25) is 4.79 Å². The predicted molar refractivity (Wildman–Crippen MR) is 207 cm³/mol. The van der Waals surface area contributed by atoms with Crippen LogP contribution in [0.25, 0.3) is 0 Å². The Balaban J connectivity index is 2.28. The van der Waals surface area contributed by atoms with E-state index in [1.807, 2.05) is 56.3 Å². The van der Waals surface area contributed by atoms with Crippen molar-refractivity contribution in [2.24, 2.45) is 23.7 Å². The lowest BCUT2D eigenvalue weighted by atomic mass is 9.92. The molecule has 2 aromatic rings. The second-order valence-electron chi connectivity index (χ2n) is 14.8. The van der Waals surface area contributed by atoms with Crippen molar-refractivity contribution in [1.82, 2.24) is 5.32 Å². The van der Waals surface area contributed by atoms with Crippen LogP contribution < -0.4 is 20.9 Å². The summed E-state index contributed by atoms with van der Waals surface area (Å²) in [7, 11) is -4.87. The van der Waals surface area contributed by atoms with E-state index in [0.717, 1.165) is 29.9 Å². The molecule has 3 amide bonds. The third-order valence-electron chi connectivity index (χ3n) is 8.10. The topological polar surface area (TPSA) is 202 Å². The van der Waals surface area contributed by atoms with Crippen molar-refractivity contribution in [2.45, 2.75) is 100 Å². The summed E-state index contributed by atoms with van der Waals surface area (Å²) in [6, 6.07) is 11.7. The number of carbonyl (C=O) groups excluding carboxylic acids is 4. The van der Waals surface area contributed by atoms with Crippen molar-refractivity contribution in [3.05, 3.63) is 53.6 Å². The number of esters is 2. The van der Waals surface area contributed by atoms with E-state index in [1.54, 1.807) is 27.7 Å². The minimum Gasteiger partial charge on any atom is -0.425 e. The Kier molecular flexibility index (Phi) is 18.4. The molecule has 0 aliphatic carbocycles. The maximum absolute atomic E-state index is 13.4. The summed E-state index contributed by atoms with van der Waals surface area (Å²) in [5.74, 6) is -2.07. The van der Waals surface area contributed by atoms with Crippen LogP contribution in [0.2, 0.25) is 0 Å². The molecule has 2 unspecified atom stereocenters. The second kappa shape index (κ2) is 21.7. The van der Waals surface area contributed by atoms with Crippen LogP contribution in [0.1, 0.15) is 92.2 Å². The van der Waals surface area contributed by atoms with Gasteiger partial charge in [0.05, 0.1) is 17.8 Å². The summed E-state index contributed by atoms with van der Waals surface area (Å²) in [5.41, 5.74) is 3.98. The third-order valence-corrected chi connectivity index (χ3v) is 8.54. The molecule has 302 valence electrons. The zero-order chi connectivity index (χ0) is 40.7. The van der Waals surface area contributed by atoms with Crippen LogP contribution in [0, 0.1) is 30.6 Å². The number of ether oxygens (including phenoxy) is 3. The number of rotatable bonds is 20. The molecule has 2 rings (SSSR count). The Bertz CT molecular complexity index is 1570. The average Bonchev–Trinajstić information content (AvgIpc) is 3.05. The molecule has 0 heterocycles. The van der Waals surface area contributed by atoms with E-state index in [-0.39, 0.29) is 12.3 Å². The normalized spacial score (nSPS) is 13.3. The minimum absolute atomic E-state index is 0.0505. The molecule has 0 radical (unpaired) electrons. The Morgan fingerprint density at radius 2 is 1.44 bits per heavy atom. The molecular formula is C38H59N4O11P. The molecule has 0 aliphatic heterocycles. The summed E-state index contributed by atoms with van der Waals surface area (Å²) in [5, 5.41) is 8.23. The number of hydrogen-bond donors (Lipinski definition) is 5. The fourth-order valence-corrected chi connectivity index (χ4v) is 5.62. The van der Waals surface area contributed by atoms with Gasteiger partial charge >= 0.3 is 31.9 Å². The lowest BCUT2D eigenvalue weighted by molar-refractivity contribution is -0.198. The van der Waals surface area contributed by atoms with Gasteiger partial charge in [0.15, 0.2) is 0 Å². The molecule has 2 aromatic carbocycles. The highest BCUT2D eigenvalue weighted by atomic mass is 31.2. The molecule has 0 spiro atoms. The second-order valence-corrected chi connectivity index (χ2v) is 16.0. The molecule has 0 aromatic heterocycles. The molecule has 3 atom stereocenters. The largest absolute Gasteiger partial charge is 0.472 e. The first-order chi connectivity index (χ1) is 25.2. The molecule has 0 saturated carbocycles. The number of anilines is 3. The molecular weight excluding hydrogens is 719 g/mol. The zero-order valence-corrected chi connectivity index (χ0v) is 34.0. The molecule has 0 fully saturated rings. The molecule has 15 nitrogen and oxygen atoms in total. The number of phosphoric ester groups is 1. The minimum atomic E-state index is -4.87. The van der Waals surface area contributed by atoms with Crippen LogP contribution >= 0.6 is 7.82 Å². The Hall–Kier alpha value is -4.17. The van der Waals surface area contributed by atoms with E-state index < -0.39 is 62.8 Å². The van der Waals surface area contributed by atoms with Crippen LogP contribution in [0.4, 0.5) is 26.7 Å².